The minimum Gasteiger partial charge on any atom is -0.363 e. The van der Waals surface area contributed by atoms with Crippen LogP contribution >= 0.6 is 0 Å². The van der Waals surface area contributed by atoms with E-state index in [9.17, 15) is 4.79 Å². The van der Waals surface area contributed by atoms with Crippen molar-refractivity contribution in [2.24, 2.45) is 0 Å². The molecular weight excluding hydrogens is 190 g/mol. The summed E-state index contributed by atoms with van der Waals surface area (Å²) >= 11 is 0. The van der Waals surface area contributed by atoms with Gasteiger partial charge in [-0.05, 0) is 17.7 Å². The van der Waals surface area contributed by atoms with Gasteiger partial charge in [-0.1, -0.05) is 6.92 Å². The first-order valence-corrected chi connectivity index (χ1v) is 5.02. The fraction of sp³-hybridized carbons (Fsp3) is 0.455. The standard InChI is InChI=1S/C11H17N3O/c1-4-11(15)13-8-9-5-6-12-10(7-9)14(2)3/h5-7H,4,8H2,1-3H3,(H,13,15). The Balaban J connectivity index is 2.61. The van der Waals surface area contributed by atoms with Crippen LogP contribution in [-0.2, 0) is 11.3 Å². The molecule has 1 amide bonds. The summed E-state index contributed by atoms with van der Waals surface area (Å²) in [6.45, 7) is 2.41. The van der Waals surface area contributed by atoms with Crippen LogP contribution in [0.4, 0.5) is 5.82 Å². The van der Waals surface area contributed by atoms with Crippen molar-refractivity contribution in [1.29, 1.82) is 0 Å². The molecule has 4 nitrogen and oxygen atoms in total. The molecule has 0 aromatic carbocycles. The third kappa shape index (κ3) is 3.58. The number of anilines is 1. The van der Waals surface area contributed by atoms with Crippen molar-refractivity contribution < 1.29 is 4.79 Å². The van der Waals surface area contributed by atoms with E-state index in [-0.39, 0.29) is 5.91 Å². The van der Waals surface area contributed by atoms with Crippen LogP contribution < -0.4 is 10.2 Å². The number of pyridine rings is 1. The molecule has 1 aromatic heterocycles. The van der Waals surface area contributed by atoms with Gasteiger partial charge in [0.15, 0.2) is 0 Å². The Bertz CT molecular complexity index is 336. The predicted octanol–water partition coefficient (Wildman–Crippen LogP) is 1.17. The summed E-state index contributed by atoms with van der Waals surface area (Å²) in [5.74, 6) is 0.969. The summed E-state index contributed by atoms with van der Waals surface area (Å²) in [5, 5.41) is 2.83. The van der Waals surface area contributed by atoms with Crippen LogP contribution in [0.5, 0.6) is 0 Å². The molecule has 1 N–H and O–H groups in total. The van der Waals surface area contributed by atoms with E-state index in [1.807, 2.05) is 38.1 Å². The van der Waals surface area contributed by atoms with E-state index in [0.29, 0.717) is 13.0 Å². The molecule has 0 aliphatic heterocycles. The van der Waals surface area contributed by atoms with Gasteiger partial charge in [-0.2, -0.15) is 0 Å². The van der Waals surface area contributed by atoms with Crippen LogP contribution in [0, 0.1) is 0 Å². The Kier molecular flexibility index (Phi) is 4.09. The molecule has 0 fully saturated rings. The van der Waals surface area contributed by atoms with Crippen LogP contribution in [0.2, 0.25) is 0 Å². The molecule has 0 bridgehead atoms. The zero-order chi connectivity index (χ0) is 11.3. The minimum absolute atomic E-state index is 0.0678. The molecule has 1 heterocycles. The van der Waals surface area contributed by atoms with Crippen LogP contribution in [0.15, 0.2) is 18.3 Å². The molecule has 0 atom stereocenters. The van der Waals surface area contributed by atoms with Gasteiger partial charge >= 0.3 is 0 Å². The molecule has 1 rings (SSSR count). The third-order valence-electron chi connectivity index (χ3n) is 2.08. The van der Waals surface area contributed by atoms with E-state index in [1.54, 1.807) is 6.20 Å². The molecule has 0 radical (unpaired) electrons. The lowest BCUT2D eigenvalue weighted by atomic mass is 10.2. The highest BCUT2D eigenvalue weighted by Crippen LogP contribution is 2.09. The first-order valence-electron chi connectivity index (χ1n) is 5.02. The SMILES string of the molecule is CCC(=O)NCc1ccnc(N(C)C)c1. The topological polar surface area (TPSA) is 45.2 Å². The van der Waals surface area contributed by atoms with Gasteiger partial charge in [0, 0.05) is 33.3 Å². The highest BCUT2D eigenvalue weighted by molar-refractivity contribution is 5.75. The average Bonchev–Trinajstić information content (AvgIpc) is 2.26. The van der Waals surface area contributed by atoms with Crippen molar-refractivity contribution in [3.8, 4) is 0 Å². The quantitative estimate of drug-likeness (QED) is 0.806. The number of hydrogen-bond donors (Lipinski definition) is 1. The van der Waals surface area contributed by atoms with Gasteiger partial charge in [0.25, 0.3) is 0 Å². The zero-order valence-electron chi connectivity index (χ0n) is 9.45. The van der Waals surface area contributed by atoms with E-state index >= 15 is 0 Å². The molecule has 0 saturated heterocycles. The van der Waals surface area contributed by atoms with Crippen molar-refractivity contribution in [3.63, 3.8) is 0 Å². The van der Waals surface area contributed by atoms with Gasteiger partial charge in [0.05, 0.1) is 0 Å². The summed E-state index contributed by atoms with van der Waals surface area (Å²) in [4.78, 5) is 17.2. The molecule has 0 aliphatic rings. The Labute approximate surface area is 90.3 Å². The Morgan fingerprint density at radius 2 is 2.27 bits per heavy atom. The summed E-state index contributed by atoms with van der Waals surface area (Å²) in [5.41, 5.74) is 1.07. The molecule has 0 spiro atoms. The first-order chi connectivity index (χ1) is 7.13. The fourth-order valence-electron chi connectivity index (χ4n) is 1.14. The van der Waals surface area contributed by atoms with Gasteiger partial charge in [-0.25, -0.2) is 4.98 Å². The molecule has 82 valence electrons. The molecule has 0 aliphatic carbocycles. The second-order valence-electron chi connectivity index (χ2n) is 3.55. The third-order valence-corrected chi connectivity index (χ3v) is 2.08. The second kappa shape index (κ2) is 5.34. The van der Waals surface area contributed by atoms with Gasteiger partial charge < -0.3 is 10.2 Å². The number of nitrogens with zero attached hydrogens (tertiary/aromatic N) is 2. The number of nitrogens with one attached hydrogen (secondary N) is 1. The Hall–Kier alpha value is -1.58. The van der Waals surface area contributed by atoms with E-state index in [4.69, 9.17) is 0 Å². The smallest absolute Gasteiger partial charge is 0.219 e. The van der Waals surface area contributed by atoms with Crippen LogP contribution in [-0.4, -0.2) is 25.0 Å². The average molecular weight is 207 g/mol. The maximum Gasteiger partial charge on any atom is 0.219 e. The van der Waals surface area contributed by atoms with Crippen molar-refractivity contribution in [1.82, 2.24) is 10.3 Å². The molecule has 0 unspecified atom stereocenters. The highest BCUT2D eigenvalue weighted by Gasteiger charge is 2.00. The second-order valence-corrected chi connectivity index (χ2v) is 3.55. The lowest BCUT2D eigenvalue weighted by Gasteiger charge is -2.12. The van der Waals surface area contributed by atoms with Crippen LogP contribution in [0.3, 0.4) is 0 Å². The van der Waals surface area contributed by atoms with E-state index in [0.717, 1.165) is 11.4 Å². The number of hydrogen-bond acceptors (Lipinski definition) is 3. The van der Waals surface area contributed by atoms with Crippen molar-refractivity contribution in [2.45, 2.75) is 19.9 Å². The maximum absolute atomic E-state index is 11.1. The fourth-order valence-corrected chi connectivity index (χ4v) is 1.14. The van der Waals surface area contributed by atoms with Gasteiger partial charge in [-0.3, -0.25) is 4.79 Å². The van der Waals surface area contributed by atoms with Crippen molar-refractivity contribution in [2.75, 3.05) is 19.0 Å². The lowest BCUT2D eigenvalue weighted by Crippen LogP contribution is -2.21. The molecule has 1 aromatic rings. The Morgan fingerprint density at radius 3 is 2.87 bits per heavy atom. The highest BCUT2D eigenvalue weighted by atomic mass is 16.1. The maximum atomic E-state index is 11.1. The minimum atomic E-state index is 0.0678. The van der Waals surface area contributed by atoms with Gasteiger partial charge in [0.1, 0.15) is 5.82 Å². The molecule has 15 heavy (non-hydrogen) atoms. The van der Waals surface area contributed by atoms with Crippen molar-refractivity contribution >= 4 is 11.7 Å². The lowest BCUT2D eigenvalue weighted by molar-refractivity contribution is -0.120. The largest absolute Gasteiger partial charge is 0.363 e. The Morgan fingerprint density at radius 1 is 1.53 bits per heavy atom. The summed E-state index contributed by atoms with van der Waals surface area (Å²) in [7, 11) is 3.88. The van der Waals surface area contributed by atoms with Gasteiger partial charge in [0.2, 0.25) is 5.91 Å². The monoisotopic (exact) mass is 207 g/mol. The van der Waals surface area contributed by atoms with Crippen LogP contribution in [0.1, 0.15) is 18.9 Å². The first kappa shape index (κ1) is 11.5. The number of carbonyl (C=O) groups is 1. The van der Waals surface area contributed by atoms with Gasteiger partial charge in [-0.15, -0.1) is 0 Å². The van der Waals surface area contributed by atoms with E-state index in [1.165, 1.54) is 0 Å². The van der Waals surface area contributed by atoms with E-state index < -0.39 is 0 Å². The predicted molar refractivity (Wildman–Crippen MR) is 60.7 cm³/mol. The van der Waals surface area contributed by atoms with Crippen LogP contribution in [0.25, 0.3) is 0 Å². The summed E-state index contributed by atoms with van der Waals surface area (Å²) in [6.07, 6.45) is 2.27. The molecule has 0 saturated carbocycles. The summed E-state index contributed by atoms with van der Waals surface area (Å²) < 4.78 is 0. The number of rotatable bonds is 4. The molecule has 4 heteroatoms. The van der Waals surface area contributed by atoms with E-state index in [2.05, 4.69) is 10.3 Å². The van der Waals surface area contributed by atoms with Crippen molar-refractivity contribution in [3.05, 3.63) is 23.9 Å². The molecular formula is C11H17N3O. The number of amides is 1. The zero-order valence-corrected chi connectivity index (χ0v) is 9.45. The summed E-state index contributed by atoms with van der Waals surface area (Å²) in [6, 6.07) is 3.87. The normalized spacial score (nSPS) is 9.80. The number of aromatic nitrogens is 1. The number of carbonyl (C=O) groups excluding carboxylic acids is 1.